The molecule has 1 nitrogen and oxygen atoms in total. The average Bonchev–Trinajstić information content (AvgIpc) is 2.29. The largest absolute Gasteiger partial charge is 0.326 e. The molecule has 0 aliphatic carbocycles. The van der Waals surface area contributed by atoms with E-state index in [1.807, 2.05) is 0 Å². The molecule has 3 heteroatoms. The van der Waals surface area contributed by atoms with Crippen molar-refractivity contribution in [3.8, 4) is 11.1 Å². The van der Waals surface area contributed by atoms with Crippen LogP contribution in [-0.2, 0) is 6.54 Å². The first-order valence-corrected chi connectivity index (χ1v) is 4.87. The summed E-state index contributed by atoms with van der Waals surface area (Å²) in [5.41, 5.74) is 7.31. The number of benzene rings is 2. The van der Waals surface area contributed by atoms with Crippen LogP contribution in [0.15, 0.2) is 36.4 Å². The molecule has 2 aromatic carbocycles. The third kappa shape index (κ3) is 2.09. The summed E-state index contributed by atoms with van der Waals surface area (Å²) in [5.74, 6) is -1.16. The fourth-order valence-corrected chi connectivity index (χ4v) is 1.52. The lowest BCUT2D eigenvalue weighted by Crippen LogP contribution is -1.96. The molecule has 0 heterocycles. The lowest BCUT2D eigenvalue weighted by Gasteiger charge is -2.05. The fraction of sp³-hybridized carbons (Fsp3) is 0.0769. The summed E-state index contributed by atoms with van der Waals surface area (Å²) in [6.45, 7) is 0.344. The van der Waals surface area contributed by atoms with E-state index in [0.29, 0.717) is 17.7 Å². The molecule has 0 unspecified atom stereocenters. The van der Waals surface area contributed by atoms with Gasteiger partial charge in [0, 0.05) is 18.2 Å². The third-order valence-corrected chi connectivity index (χ3v) is 2.32. The summed E-state index contributed by atoms with van der Waals surface area (Å²) >= 11 is 0. The summed E-state index contributed by atoms with van der Waals surface area (Å²) in [4.78, 5) is 0. The molecule has 16 heavy (non-hydrogen) atoms. The van der Waals surface area contributed by atoms with Gasteiger partial charge in [-0.15, -0.1) is 0 Å². The van der Waals surface area contributed by atoms with Gasteiger partial charge in [0.1, 0.15) is 11.6 Å². The lowest BCUT2D eigenvalue weighted by molar-refractivity contribution is 0.585. The van der Waals surface area contributed by atoms with Gasteiger partial charge < -0.3 is 5.73 Å². The summed E-state index contributed by atoms with van der Waals surface area (Å²) in [7, 11) is 0. The van der Waals surface area contributed by atoms with Crippen LogP contribution in [-0.4, -0.2) is 0 Å². The zero-order chi connectivity index (χ0) is 11.5. The normalized spacial score (nSPS) is 10.4. The van der Waals surface area contributed by atoms with Crippen LogP contribution < -0.4 is 5.73 Å². The highest BCUT2D eigenvalue weighted by Crippen LogP contribution is 2.23. The highest BCUT2D eigenvalue weighted by atomic mass is 19.1. The highest BCUT2D eigenvalue weighted by molar-refractivity contribution is 5.64. The molecule has 0 amide bonds. The van der Waals surface area contributed by atoms with Crippen molar-refractivity contribution in [3.63, 3.8) is 0 Å². The molecule has 2 aromatic rings. The van der Waals surface area contributed by atoms with Crippen LogP contribution in [0.2, 0.25) is 0 Å². The molecule has 0 fully saturated rings. The quantitative estimate of drug-likeness (QED) is 0.824. The first-order valence-electron chi connectivity index (χ1n) is 4.87. The van der Waals surface area contributed by atoms with E-state index < -0.39 is 11.6 Å². The SMILES string of the molecule is NCc1[c]ccc(-c2ccc(F)cc2F)c1. The van der Waals surface area contributed by atoms with Crippen molar-refractivity contribution in [2.24, 2.45) is 5.73 Å². The highest BCUT2D eigenvalue weighted by Gasteiger charge is 2.06. The number of rotatable bonds is 2. The van der Waals surface area contributed by atoms with E-state index in [2.05, 4.69) is 6.07 Å². The molecular weight excluding hydrogens is 208 g/mol. The van der Waals surface area contributed by atoms with E-state index in [1.165, 1.54) is 12.1 Å². The Hall–Kier alpha value is -1.74. The van der Waals surface area contributed by atoms with Crippen LogP contribution in [0.1, 0.15) is 5.56 Å². The Morgan fingerprint density at radius 1 is 1.12 bits per heavy atom. The van der Waals surface area contributed by atoms with Crippen molar-refractivity contribution in [1.29, 1.82) is 0 Å². The van der Waals surface area contributed by atoms with Crippen LogP contribution in [0, 0.1) is 17.7 Å². The van der Waals surface area contributed by atoms with Crippen LogP contribution in [0.4, 0.5) is 8.78 Å². The Kier molecular flexibility index (Phi) is 2.97. The van der Waals surface area contributed by atoms with Gasteiger partial charge in [-0.3, -0.25) is 0 Å². The Labute approximate surface area is 92.5 Å². The van der Waals surface area contributed by atoms with Crippen LogP contribution in [0.25, 0.3) is 11.1 Å². The number of nitrogens with two attached hydrogens (primary N) is 1. The molecule has 0 aliphatic heterocycles. The zero-order valence-electron chi connectivity index (χ0n) is 8.50. The van der Waals surface area contributed by atoms with Gasteiger partial charge in [-0.05, 0) is 35.4 Å². The van der Waals surface area contributed by atoms with Crippen molar-refractivity contribution in [2.45, 2.75) is 6.54 Å². The minimum absolute atomic E-state index is 0.344. The molecule has 0 aromatic heterocycles. The maximum atomic E-state index is 13.5. The van der Waals surface area contributed by atoms with Gasteiger partial charge in [-0.25, -0.2) is 8.78 Å². The van der Waals surface area contributed by atoms with Crippen LogP contribution in [0.5, 0.6) is 0 Å². The molecule has 0 saturated heterocycles. The Bertz CT molecular complexity index is 509. The predicted molar refractivity (Wildman–Crippen MR) is 58.5 cm³/mol. The Morgan fingerprint density at radius 2 is 1.94 bits per heavy atom. The number of halogens is 2. The Morgan fingerprint density at radius 3 is 2.62 bits per heavy atom. The third-order valence-electron chi connectivity index (χ3n) is 2.32. The van der Waals surface area contributed by atoms with E-state index in [0.717, 1.165) is 11.6 Å². The van der Waals surface area contributed by atoms with Crippen LogP contribution >= 0.6 is 0 Å². The minimum atomic E-state index is -0.581. The van der Waals surface area contributed by atoms with Gasteiger partial charge in [0.05, 0.1) is 0 Å². The van der Waals surface area contributed by atoms with Crippen molar-refractivity contribution in [1.82, 2.24) is 0 Å². The molecule has 0 atom stereocenters. The summed E-state index contributed by atoms with van der Waals surface area (Å²) in [6, 6.07) is 11.6. The Balaban J connectivity index is 2.49. The number of hydrogen-bond donors (Lipinski definition) is 1. The van der Waals surface area contributed by atoms with Crippen LogP contribution in [0.3, 0.4) is 0 Å². The molecule has 0 spiro atoms. The second-order valence-corrected chi connectivity index (χ2v) is 3.43. The second-order valence-electron chi connectivity index (χ2n) is 3.43. The van der Waals surface area contributed by atoms with Crippen molar-refractivity contribution >= 4 is 0 Å². The van der Waals surface area contributed by atoms with Crippen molar-refractivity contribution in [2.75, 3.05) is 0 Å². The van der Waals surface area contributed by atoms with E-state index in [1.54, 1.807) is 18.2 Å². The molecule has 2 rings (SSSR count). The smallest absolute Gasteiger partial charge is 0.133 e. The summed E-state index contributed by atoms with van der Waals surface area (Å²) in [5, 5.41) is 0. The van der Waals surface area contributed by atoms with E-state index in [4.69, 9.17) is 5.73 Å². The summed E-state index contributed by atoms with van der Waals surface area (Å²) in [6.07, 6.45) is 0. The van der Waals surface area contributed by atoms with Crippen molar-refractivity contribution in [3.05, 3.63) is 59.7 Å². The maximum absolute atomic E-state index is 13.5. The van der Waals surface area contributed by atoms with Gasteiger partial charge in [-0.2, -0.15) is 0 Å². The standard InChI is InChI=1S/C13H10F2N/c14-11-4-5-12(13(15)7-11)10-3-1-2-9(6-10)8-16/h1,3-7H,8,16H2. The van der Waals surface area contributed by atoms with Crippen molar-refractivity contribution < 1.29 is 8.78 Å². The van der Waals surface area contributed by atoms with Gasteiger partial charge >= 0.3 is 0 Å². The topological polar surface area (TPSA) is 26.0 Å². The van der Waals surface area contributed by atoms with Gasteiger partial charge in [0.25, 0.3) is 0 Å². The van der Waals surface area contributed by atoms with Gasteiger partial charge in [0.2, 0.25) is 0 Å². The maximum Gasteiger partial charge on any atom is 0.133 e. The predicted octanol–water partition coefficient (Wildman–Crippen LogP) is 2.89. The van der Waals surface area contributed by atoms with E-state index in [9.17, 15) is 8.78 Å². The second kappa shape index (κ2) is 4.41. The zero-order valence-corrected chi connectivity index (χ0v) is 8.50. The molecule has 0 saturated carbocycles. The minimum Gasteiger partial charge on any atom is -0.326 e. The average molecular weight is 218 g/mol. The molecule has 0 bridgehead atoms. The van der Waals surface area contributed by atoms with E-state index in [-0.39, 0.29) is 0 Å². The number of hydrogen-bond acceptors (Lipinski definition) is 1. The monoisotopic (exact) mass is 218 g/mol. The first-order chi connectivity index (χ1) is 7.70. The lowest BCUT2D eigenvalue weighted by atomic mass is 10.0. The van der Waals surface area contributed by atoms with Gasteiger partial charge in [0.15, 0.2) is 0 Å². The molecule has 81 valence electrons. The molecular formula is C13H10F2N. The fourth-order valence-electron chi connectivity index (χ4n) is 1.52. The first kappa shape index (κ1) is 10.8. The molecule has 1 radical (unpaired) electrons. The summed E-state index contributed by atoms with van der Waals surface area (Å²) < 4.78 is 26.2. The molecule has 2 N–H and O–H groups in total. The van der Waals surface area contributed by atoms with E-state index >= 15 is 0 Å². The van der Waals surface area contributed by atoms with Gasteiger partial charge in [-0.1, -0.05) is 12.1 Å². The molecule has 0 aliphatic rings.